The molecule has 1 aromatic heterocycles. The van der Waals surface area contributed by atoms with Crippen molar-refractivity contribution in [3.8, 4) is 0 Å². The van der Waals surface area contributed by atoms with E-state index in [0.717, 1.165) is 31.4 Å². The third-order valence-electron chi connectivity index (χ3n) is 4.37. The SMILES string of the molecule is Cc1c(C(=O)N(CC(=O)O)C2CC2)cnn1C1CCOCC1. The molecule has 1 saturated carbocycles. The fraction of sp³-hybridized carbons (Fsp3) is 0.667. The molecule has 0 aromatic carbocycles. The average molecular weight is 307 g/mol. The number of aliphatic carboxylic acids is 1. The molecule has 1 N–H and O–H groups in total. The van der Waals surface area contributed by atoms with Gasteiger partial charge in [-0.1, -0.05) is 0 Å². The molecule has 120 valence electrons. The van der Waals surface area contributed by atoms with Crippen LogP contribution in [0.3, 0.4) is 0 Å². The first-order valence-electron chi connectivity index (χ1n) is 7.72. The number of aromatic nitrogens is 2. The molecule has 2 heterocycles. The fourth-order valence-corrected chi connectivity index (χ4v) is 2.98. The van der Waals surface area contributed by atoms with Gasteiger partial charge < -0.3 is 14.7 Å². The van der Waals surface area contributed by atoms with E-state index in [0.29, 0.717) is 18.8 Å². The smallest absolute Gasteiger partial charge is 0.323 e. The van der Waals surface area contributed by atoms with E-state index < -0.39 is 5.97 Å². The van der Waals surface area contributed by atoms with Gasteiger partial charge >= 0.3 is 5.97 Å². The summed E-state index contributed by atoms with van der Waals surface area (Å²) in [5.41, 5.74) is 1.33. The Morgan fingerprint density at radius 1 is 1.36 bits per heavy atom. The monoisotopic (exact) mass is 307 g/mol. The number of carboxylic acids is 1. The minimum atomic E-state index is -0.977. The third-order valence-corrected chi connectivity index (χ3v) is 4.37. The van der Waals surface area contributed by atoms with Gasteiger partial charge in [0.2, 0.25) is 0 Å². The fourth-order valence-electron chi connectivity index (χ4n) is 2.98. The van der Waals surface area contributed by atoms with Gasteiger partial charge in [-0.2, -0.15) is 5.10 Å². The predicted molar refractivity (Wildman–Crippen MR) is 77.7 cm³/mol. The summed E-state index contributed by atoms with van der Waals surface area (Å²) in [7, 11) is 0. The summed E-state index contributed by atoms with van der Waals surface area (Å²) in [5.74, 6) is -1.20. The molecule has 0 spiro atoms. The van der Waals surface area contributed by atoms with Crippen LogP contribution in [0, 0.1) is 6.92 Å². The highest BCUT2D eigenvalue weighted by molar-refractivity contribution is 5.97. The molecule has 2 aliphatic rings. The Kier molecular flexibility index (Phi) is 4.15. The molecule has 22 heavy (non-hydrogen) atoms. The Morgan fingerprint density at radius 3 is 2.64 bits per heavy atom. The summed E-state index contributed by atoms with van der Waals surface area (Å²) < 4.78 is 7.25. The average Bonchev–Trinajstić information content (AvgIpc) is 3.27. The third kappa shape index (κ3) is 2.99. The number of amides is 1. The van der Waals surface area contributed by atoms with Crippen molar-refractivity contribution in [1.82, 2.24) is 14.7 Å². The van der Waals surface area contributed by atoms with Crippen LogP contribution in [0.2, 0.25) is 0 Å². The molecule has 1 aromatic rings. The summed E-state index contributed by atoms with van der Waals surface area (Å²) in [6.07, 6.45) is 5.11. The van der Waals surface area contributed by atoms with Crippen molar-refractivity contribution in [1.29, 1.82) is 0 Å². The molecule has 0 unspecified atom stereocenters. The molecule has 1 aliphatic heterocycles. The molecule has 3 rings (SSSR count). The van der Waals surface area contributed by atoms with E-state index in [1.807, 2.05) is 11.6 Å². The summed E-state index contributed by atoms with van der Waals surface area (Å²) in [4.78, 5) is 25.1. The van der Waals surface area contributed by atoms with Crippen molar-refractivity contribution in [2.75, 3.05) is 19.8 Å². The number of nitrogens with zero attached hydrogens (tertiary/aromatic N) is 3. The van der Waals surface area contributed by atoms with E-state index in [1.54, 1.807) is 6.20 Å². The predicted octanol–water partition coefficient (Wildman–Crippen LogP) is 1.23. The van der Waals surface area contributed by atoms with Crippen LogP contribution in [0.15, 0.2) is 6.20 Å². The molecule has 0 atom stereocenters. The number of rotatable bonds is 5. The van der Waals surface area contributed by atoms with Crippen LogP contribution in [0.1, 0.15) is 47.8 Å². The largest absolute Gasteiger partial charge is 0.480 e. The van der Waals surface area contributed by atoms with Crippen molar-refractivity contribution in [3.63, 3.8) is 0 Å². The zero-order valence-corrected chi connectivity index (χ0v) is 12.7. The molecule has 1 amide bonds. The molecular formula is C15H21N3O4. The number of carbonyl (C=O) groups excluding carboxylic acids is 1. The maximum absolute atomic E-state index is 12.7. The first kappa shape index (κ1) is 15.0. The Labute approximate surface area is 128 Å². The first-order chi connectivity index (χ1) is 10.6. The van der Waals surface area contributed by atoms with Crippen LogP contribution >= 0.6 is 0 Å². The zero-order valence-electron chi connectivity index (χ0n) is 12.7. The normalized spacial score (nSPS) is 19.1. The molecule has 0 bridgehead atoms. The Hall–Kier alpha value is -1.89. The molecule has 7 heteroatoms. The van der Waals surface area contributed by atoms with Crippen molar-refractivity contribution in [2.45, 2.75) is 44.7 Å². The topological polar surface area (TPSA) is 84.7 Å². The highest BCUT2D eigenvalue weighted by Crippen LogP contribution is 2.29. The minimum Gasteiger partial charge on any atom is -0.480 e. The second kappa shape index (κ2) is 6.08. The van der Waals surface area contributed by atoms with Gasteiger partial charge in [-0.25, -0.2) is 0 Å². The first-order valence-corrected chi connectivity index (χ1v) is 7.72. The van der Waals surface area contributed by atoms with Crippen LogP contribution in [-0.2, 0) is 9.53 Å². The molecule has 7 nitrogen and oxygen atoms in total. The highest BCUT2D eigenvalue weighted by atomic mass is 16.5. The van der Waals surface area contributed by atoms with Gasteiger partial charge in [0.15, 0.2) is 0 Å². The molecule has 1 aliphatic carbocycles. The van der Waals surface area contributed by atoms with E-state index >= 15 is 0 Å². The van der Waals surface area contributed by atoms with Crippen LogP contribution in [0.5, 0.6) is 0 Å². The van der Waals surface area contributed by atoms with Crippen LogP contribution in [0.25, 0.3) is 0 Å². The summed E-state index contributed by atoms with van der Waals surface area (Å²) >= 11 is 0. The highest BCUT2D eigenvalue weighted by Gasteiger charge is 2.35. The number of hydrogen-bond donors (Lipinski definition) is 1. The van der Waals surface area contributed by atoms with E-state index in [1.165, 1.54) is 4.90 Å². The van der Waals surface area contributed by atoms with Crippen LogP contribution < -0.4 is 0 Å². The van der Waals surface area contributed by atoms with Crippen LogP contribution in [-0.4, -0.2) is 57.5 Å². The van der Waals surface area contributed by atoms with E-state index in [9.17, 15) is 9.59 Å². The van der Waals surface area contributed by atoms with Gasteiger partial charge in [0.05, 0.1) is 17.8 Å². The molecule has 0 radical (unpaired) electrons. The number of hydrogen-bond acceptors (Lipinski definition) is 4. The maximum Gasteiger partial charge on any atom is 0.323 e. The van der Waals surface area contributed by atoms with Crippen molar-refractivity contribution in [3.05, 3.63) is 17.5 Å². The second-order valence-electron chi connectivity index (χ2n) is 5.99. The zero-order chi connectivity index (χ0) is 15.7. The lowest BCUT2D eigenvalue weighted by Crippen LogP contribution is -2.37. The Balaban J connectivity index is 1.80. The minimum absolute atomic E-state index is 0.0643. The lowest BCUT2D eigenvalue weighted by molar-refractivity contribution is -0.137. The molecule has 2 fully saturated rings. The van der Waals surface area contributed by atoms with Gasteiger partial charge in [-0.05, 0) is 32.6 Å². The van der Waals surface area contributed by atoms with Crippen molar-refractivity contribution < 1.29 is 19.4 Å². The van der Waals surface area contributed by atoms with E-state index in [2.05, 4.69) is 5.10 Å². The molecular weight excluding hydrogens is 286 g/mol. The second-order valence-corrected chi connectivity index (χ2v) is 5.99. The number of ether oxygens (including phenoxy) is 1. The summed E-state index contributed by atoms with van der Waals surface area (Å²) in [6.45, 7) is 3.05. The van der Waals surface area contributed by atoms with E-state index in [-0.39, 0.29) is 24.5 Å². The summed E-state index contributed by atoms with van der Waals surface area (Å²) in [6, 6.07) is 0.318. The van der Waals surface area contributed by atoms with Crippen LogP contribution in [0.4, 0.5) is 0 Å². The van der Waals surface area contributed by atoms with Gasteiger partial charge in [0, 0.05) is 24.9 Å². The maximum atomic E-state index is 12.7. The van der Waals surface area contributed by atoms with Gasteiger partial charge in [-0.3, -0.25) is 14.3 Å². The van der Waals surface area contributed by atoms with Gasteiger partial charge in [-0.15, -0.1) is 0 Å². The Morgan fingerprint density at radius 2 is 2.05 bits per heavy atom. The number of carbonyl (C=O) groups is 2. The van der Waals surface area contributed by atoms with Crippen molar-refractivity contribution >= 4 is 11.9 Å². The van der Waals surface area contributed by atoms with Crippen molar-refractivity contribution in [2.24, 2.45) is 0 Å². The van der Waals surface area contributed by atoms with Gasteiger partial charge in [0.1, 0.15) is 6.54 Å². The molecule has 1 saturated heterocycles. The van der Waals surface area contributed by atoms with E-state index in [4.69, 9.17) is 9.84 Å². The lowest BCUT2D eigenvalue weighted by atomic mass is 10.1. The Bertz CT molecular complexity index is 573. The standard InChI is InChI=1S/C15H21N3O4/c1-10-13(8-16-18(10)12-4-6-22-7-5-12)15(21)17(9-14(19)20)11-2-3-11/h8,11-12H,2-7,9H2,1H3,(H,19,20). The quantitative estimate of drug-likeness (QED) is 0.884. The number of carboxylic acid groups (broad SMARTS) is 1. The summed E-state index contributed by atoms with van der Waals surface area (Å²) in [5, 5.41) is 13.4. The lowest BCUT2D eigenvalue weighted by Gasteiger charge is -2.24. The van der Waals surface area contributed by atoms with Gasteiger partial charge in [0.25, 0.3) is 5.91 Å².